The molecule has 2 aliphatic rings. The normalized spacial score (nSPS) is 29.8. The second-order valence-corrected chi connectivity index (χ2v) is 12.9. The van der Waals surface area contributed by atoms with Gasteiger partial charge in [-0.3, -0.25) is 0 Å². The summed E-state index contributed by atoms with van der Waals surface area (Å²) in [6.45, 7) is 17.6. The van der Waals surface area contributed by atoms with Crippen LogP contribution in [0.15, 0.2) is 0 Å². The molecule has 280 valence electrons. The molecule has 2 saturated heterocycles. The Hall–Kier alpha value is -0.400. The molecule has 0 spiro atoms. The van der Waals surface area contributed by atoms with Crippen LogP contribution in [0.2, 0.25) is 0 Å². The number of ether oxygens (including phenoxy) is 10. The van der Waals surface area contributed by atoms with Gasteiger partial charge in [-0.15, -0.1) is 0 Å². The minimum atomic E-state index is -0.605. The molecule has 0 aromatic rings. The maximum absolute atomic E-state index is 6.96. The monoisotopic (exact) mass is 677 g/mol. The zero-order chi connectivity index (χ0) is 34.1. The van der Waals surface area contributed by atoms with Crippen LogP contribution in [0.4, 0.5) is 0 Å². The van der Waals surface area contributed by atoms with Crippen LogP contribution >= 0.6 is 0 Å². The van der Waals surface area contributed by atoms with E-state index in [1.165, 1.54) is 0 Å². The predicted molar refractivity (Wildman–Crippen MR) is 184 cm³/mol. The highest BCUT2D eigenvalue weighted by molar-refractivity contribution is 4.94. The highest BCUT2D eigenvalue weighted by Gasteiger charge is 2.51. The van der Waals surface area contributed by atoms with Crippen LogP contribution in [0.25, 0.3) is 0 Å². The Morgan fingerprint density at radius 2 is 0.936 bits per heavy atom. The van der Waals surface area contributed by atoms with Crippen molar-refractivity contribution in [3.63, 3.8) is 0 Å². The van der Waals surface area contributed by atoms with Gasteiger partial charge in [0.05, 0.1) is 19.3 Å². The Bertz CT molecular complexity index is 715. The Morgan fingerprint density at radius 3 is 1.45 bits per heavy atom. The minimum Gasteiger partial charge on any atom is -0.379 e. The molecule has 0 aromatic carbocycles. The minimum absolute atomic E-state index is 0.191. The lowest BCUT2D eigenvalue weighted by Gasteiger charge is -2.48. The fraction of sp³-hybridized carbons (Fsp3) is 1.00. The van der Waals surface area contributed by atoms with Gasteiger partial charge < -0.3 is 47.4 Å². The average molecular weight is 677 g/mol. The molecular formula is C37H72O10. The summed E-state index contributed by atoms with van der Waals surface area (Å²) in [5.74, 6) is 0. The third kappa shape index (κ3) is 16.0. The molecular weight excluding hydrogens is 604 g/mol. The molecule has 2 fully saturated rings. The van der Waals surface area contributed by atoms with Gasteiger partial charge in [0.1, 0.15) is 36.6 Å². The van der Waals surface area contributed by atoms with Crippen LogP contribution in [0.3, 0.4) is 0 Å². The van der Waals surface area contributed by atoms with E-state index in [9.17, 15) is 0 Å². The Morgan fingerprint density at radius 1 is 0.489 bits per heavy atom. The van der Waals surface area contributed by atoms with Gasteiger partial charge in [0.15, 0.2) is 12.6 Å². The maximum Gasteiger partial charge on any atom is 0.186 e. The predicted octanol–water partition coefficient (Wildman–Crippen LogP) is 7.23. The Kier molecular flexibility index (Phi) is 24.9. The largest absolute Gasteiger partial charge is 0.379 e. The first-order valence-corrected chi connectivity index (χ1v) is 19.2. The summed E-state index contributed by atoms with van der Waals surface area (Å²) in [5.41, 5.74) is 0. The summed E-state index contributed by atoms with van der Waals surface area (Å²) in [7, 11) is 1.66. The van der Waals surface area contributed by atoms with Crippen molar-refractivity contribution in [3.8, 4) is 0 Å². The Labute approximate surface area is 287 Å². The van der Waals surface area contributed by atoms with Crippen LogP contribution in [0, 0.1) is 0 Å². The van der Waals surface area contributed by atoms with Crippen molar-refractivity contribution < 1.29 is 47.4 Å². The molecule has 0 N–H and O–H groups in total. The van der Waals surface area contributed by atoms with Crippen molar-refractivity contribution in [1.29, 1.82) is 0 Å². The maximum atomic E-state index is 6.96. The van der Waals surface area contributed by atoms with Gasteiger partial charge in [-0.25, -0.2) is 0 Å². The van der Waals surface area contributed by atoms with Gasteiger partial charge in [0.25, 0.3) is 0 Å². The number of unbranched alkanes of at least 4 members (excludes halogenated alkanes) is 6. The van der Waals surface area contributed by atoms with E-state index in [0.717, 1.165) is 77.0 Å². The van der Waals surface area contributed by atoms with Crippen LogP contribution in [-0.4, -0.2) is 115 Å². The van der Waals surface area contributed by atoms with Gasteiger partial charge in [0, 0.05) is 53.2 Å². The molecule has 47 heavy (non-hydrogen) atoms. The number of methoxy groups -OCH3 is 1. The molecule has 2 heterocycles. The van der Waals surface area contributed by atoms with E-state index in [-0.39, 0.29) is 18.3 Å². The van der Waals surface area contributed by atoms with Gasteiger partial charge in [-0.2, -0.15) is 0 Å². The average Bonchev–Trinajstić information content (AvgIpc) is 3.08. The number of hydrogen-bond donors (Lipinski definition) is 0. The second kappa shape index (κ2) is 27.3. The van der Waals surface area contributed by atoms with E-state index in [1.54, 1.807) is 7.11 Å². The van der Waals surface area contributed by atoms with E-state index >= 15 is 0 Å². The standard InChI is InChI=1S/C37H72O10/c1-8-14-20-39-27-30-33(42-23-17-11-4)29(41-22-16-10-3)26-32(45-30)47-34-31(28-40-21-15-9-2)46-37(38-7)36(44-25-19-13-6)35(34)43-24-18-12-5/h29-37H,8-28H2,1-7H3/t29-,30?,31?,32+,33+,34-,35+,36?,37+/m1/s1. The summed E-state index contributed by atoms with van der Waals surface area (Å²) < 4.78 is 64.4. The fourth-order valence-electron chi connectivity index (χ4n) is 5.76. The van der Waals surface area contributed by atoms with Crippen molar-refractivity contribution in [1.82, 2.24) is 0 Å². The summed E-state index contributed by atoms with van der Waals surface area (Å²) in [6, 6.07) is 0. The van der Waals surface area contributed by atoms with Crippen molar-refractivity contribution in [3.05, 3.63) is 0 Å². The molecule has 3 unspecified atom stereocenters. The summed E-state index contributed by atoms with van der Waals surface area (Å²) in [6.07, 6.45) is 8.86. The quantitative estimate of drug-likeness (QED) is 0.0756. The van der Waals surface area contributed by atoms with Crippen LogP contribution < -0.4 is 0 Å². The van der Waals surface area contributed by atoms with Crippen molar-refractivity contribution in [2.45, 2.75) is 180 Å². The third-order valence-corrected chi connectivity index (χ3v) is 8.72. The zero-order valence-corrected chi connectivity index (χ0v) is 31.1. The van der Waals surface area contributed by atoms with E-state index in [4.69, 9.17) is 47.4 Å². The molecule has 2 rings (SSSR count). The van der Waals surface area contributed by atoms with Gasteiger partial charge in [0.2, 0.25) is 0 Å². The second-order valence-electron chi connectivity index (χ2n) is 12.9. The number of hydrogen-bond acceptors (Lipinski definition) is 10. The smallest absolute Gasteiger partial charge is 0.186 e. The first-order valence-electron chi connectivity index (χ1n) is 19.2. The summed E-state index contributed by atoms with van der Waals surface area (Å²) in [5, 5.41) is 0. The van der Waals surface area contributed by atoms with E-state index in [1.807, 2.05) is 0 Å². The SMILES string of the molecule is CCCCOCC1O[C@H](OC)C(OCCCC)[C@@H](OCCCC)[C@@H]1O[C@H]1C[C@@H](OCCCC)[C@H](OCCCC)C(COCCCC)O1. The fourth-order valence-corrected chi connectivity index (χ4v) is 5.76. The summed E-state index contributed by atoms with van der Waals surface area (Å²) in [4.78, 5) is 0. The number of rotatable bonds is 29. The lowest BCUT2D eigenvalue weighted by Crippen LogP contribution is -2.63. The molecule has 10 nitrogen and oxygen atoms in total. The van der Waals surface area contributed by atoms with E-state index in [2.05, 4.69) is 41.5 Å². The zero-order valence-electron chi connectivity index (χ0n) is 31.1. The summed E-state index contributed by atoms with van der Waals surface area (Å²) >= 11 is 0. The van der Waals surface area contributed by atoms with Crippen molar-refractivity contribution in [2.24, 2.45) is 0 Å². The molecule has 0 radical (unpaired) electrons. The molecule has 2 aliphatic heterocycles. The highest BCUT2D eigenvalue weighted by atomic mass is 16.7. The lowest BCUT2D eigenvalue weighted by atomic mass is 9.97. The van der Waals surface area contributed by atoms with Crippen LogP contribution in [-0.2, 0) is 47.4 Å². The van der Waals surface area contributed by atoms with Gasteiger partial charge >= 0.3 is 0 Å². The first kappa shape index (κ1) is 42.8. The third-order valence-electron chi connectivity index (χ3n) is 8.72. The molecule has 0 bridgehead atoms. The molecule has 0 amide bonds. The van der Waals surface area contributed by atoms with Crippen LogP contribution in [0.5, 0.6) is 0 Å². The molecule has 10 heteroatoms. The first-order chi connectivity index (χ1) is 23.1. The van der Waals surface area contributed by atoms with E-state index < -0.39 is 37.0 Å². The topological polar surface area (TPSA) is 92.3 Å². The van der Waals surface area contributed by atoms with E-state index in [0.29, 0.717) is 59.3 Å². The van der Waals surface area contributed by atoms with Gasteiger partial charge in [-0.1, -0.05) is 80.1 Å². The van der Waals surface area contributed by atoms with Crippen LogP contribution in [0.1, 0.15) is 125 Å². The van der Waals surface area contributed by atoms with Crippen molar-refractivity contribution >= 4 is 0 Å². The Balaban J connectivity index is 2.39. The molecule has 0 saturated carbocycles. The lowest BCUT2D eigenvalue weighted by molar-refractivity contribution is -0.353. The highest BCUT2D eigenvalue weighted by Crippen LogP contribution is 2.34. The van der Waals surface area contributed by atoms with Crippen molar-refractivity contribution in [2.75, 3.05) is 60.0 Å². The molecule has 0 aliphatic carbocycles. The van der Waals surface area contributed by atoms with Gasteiger partial charge in [-0.05, 0) is 38.5 Å². The molecule has 0 aromatic heterocycles. The molecule has 9 atom stereocenters.